The first-order chi connectivity index (χ1) is 14.1. The molecule has 4 rings (SSSR count). The minimum atomic E-state index is -0.223. The number of carbonyl (C=O) groups is 1. The minimum Gasteiger partial charge on any atom is -0.373 e. The van der Waals surface area contributed by atoms with E-state index < -0.39 is 0 Å². The third-order valence-electron chi connectivity index (χ3n) is 5.97. The number of hydrogen-bond acceptors (Lipinski definition) is 5. The van der Waals surface area contributed by atoms with E-state index in [9.17, 15) is 4.79 Å². The molecule has 1 atom stereocenters. The van der Waals surface area contributed by atoms with Crippen LogP contribution in [-0.2, 0) is 11.2 Å². The largest absolute Gasteiger partial charge is 0.373 e. The summed E-state index contributed by atoms with van der Waals surface area (Å²) in [6.07, 6.45) is 2.95. The lowest BCUT2D eigenvalue weighted by molar-refractivity contribution is -0.116. The Morgan fingerprint density at radius 1 is 1.21 bits per heavy atom. The van der Waals surface area contributed by atoms with Gasteiger partial charge in [0.2, 0.25) is 5.91 Å². The molecule has 2 heterocycles. The van der Waals surface area contributed by atoms with Gasteiger partial charge < -0.3 is 26.6 Å². The molecule has 2 aliphatic rings. The summed E-state index contributed by atoms with van der Waals surface area (Å²) in [7, 11) is 0. The molecule has 5 N–H and O–H groups in total. The van der Waals surface area contributed by atoms with Crippen molar-refractivity contribution >= 4 is 23.0 Å². The number of anilines is 3. The van der Waals surface area contributed by atoms with Crippen LogP contribution < -0.4 is 26.6 Å². The molecule has 1 saturated heterocycles. The molecule has 1 amide bonds. The zero-order chi connectivity index (χ0) is 20.2. The molecule has 6 nitrogen and oxygen atoms in total. The lowest BCUT2D eigenvalue weighted by Gasteiger charge is -2.34. The molecule has 0 saturated carbocycles. The fourth-order valence-electron chi connectivity index (χ4n) is 4.35. The molecule has 2 aromatic carbocycles. The minimum absolute atomic E-state index is 0.0162. The smallest absolute Gasteiger partial charge is 0.247 e. The lowest BCUT2D eigenvalue weighted by atomic mass is 10.0. The molecule has 2 aliphatic heterocycles. The molecule has 2 aromatic rings. The highest BCUT2D eigenvalue weighted by Crippen LogP contribution is 2.30. The van der Waals surface area contributed by atoms with E-state index in [1.807, 2.05) is 18.2 Å². The first-order valence-electron chi connectivity index (χ1n) is 10.6. The van der Waals surface area contributed by atoms with Crippen LogP contribution in [-0.4, -0.2) is 44.2 Å². The Bertz CT molecular complexity index is 860. The second kappa shape index (κ2) is 8.84. The van der Waals surface area contributed by atoms with E-state index >= 15 is 0 Å². The third kappa shape index (κ3) is 4.54. The summed E-state index contributed by atoms with van der Waals surface area (Å²) in [6.45, 7) is 5.66. The van der Waals surface area contributed by atoms with E-state index in [0.717, 1.165) is 50.3 Å². The summed E-state index contributed by atoms with van der Waals surface area (Å²) in [5, 5.41) is 9.99. The number of rotatable bonds is 6. The zero-order valence-corrected chi connectivity index (χ0v) is 17.1. The van der Waals surface area contributed by atoms with Crippen molar-refractivity contribution in [3.05, 3.63) is 53.6 Å². The maximum absolute atomic E-state index is 12.8. The molecule has 1 unspecified atom stereocenters. The molecule has 0 spiro atoms. The van der Waals surface area contributed by atoms with Crippen LogP contribution in [0.5, 0.6) is 0 Å². The predicted octanol–water partition coefficient (Wildman–Crippen LogP) is 2.49. The van der Waals surface area contributed by atoms with E-state index in [2.05, 4.69) is 52.0 Å². The second-order valence-electron chi connectivity index (χ2n) is 8.05. The molecule has 154 valence electrons. The van der Waals surface area contributed by atoms with Crippen LogP contribution in [0.1, 0.15) is 24.0 Å². The quantitative estimate of drug-likeness (QED) is 0.606. The van der Waals surface area contributed by atoms with Crippen molar-refractivity contribution < 1.29 is 4.79 Å². The summed E-state index contributed by atoms with van der Waals surface area (Å²) in [5.74, 6) is 0.0162. The van der Waals surface area contributed by atoms with Crippen LogP contribution in [0, 0.1) is 6.92 Å². The van der Waals surface area contributed by atoms with Gasteiger partial charge in [0, 0.05) is 55.7 Å². The number of nitrogens with zero attached hydrogens (tertiary/aromatic N) is 1. The normalized spacial score (nSPS) is 19.0. The van der Waals surface area contributed by atoms with Crippen molar-refractivity contribution in [2.45, 2.75) is 38.3 Å². The number of amides is 1. The highest BCUT2D eigenvalue weighted by atomic mass is 16.2. The van der Waals surface area contributed by atoms with Crippen LogP contribution in [0.15, 0.2) is 42.5 Å². The molecule has 6 heteroatoms. The van der Waals surface area contributed by atoms with Gasteiger partial charge in [-0.15, -0.1) is 0 Å². The van der Waals surface area contributed by atoms with Crippen LogP contribution in [0.4, 0.5) is 17.1 Å². The van der Waals surface area contributed by atoms with E-state index in [0.29, 0.717) is 12.6 Å². The topological polar surface area (TPSA) is 82.4 Å². The predicted molar refractivity (Wildman–Crippen MR) is 120 cm³/mol. The van der Waals surface area contributed by atoms with Crippen molar-refractivity contribution in [1.29, 1.82) is 0 Å². The van der Waals surface area contributed by atoms with Gasteiger partial charge in [0.15, 0.2) is 0 Å². The summed E-state index contributed by atoms with van der Waals surface area (Å²) >= 11 is 0. The van der Waals surface area contributed by atoms with Gasteiger partial charge in [-0.1, -0.05) is 24.3 Å². The van der Waals surface area contributed by atoms with Crippen molar-refractivity contribution in [3.63, 3.8) is 0 Å². The molecule has 1 fully saturated rings. The summed E-state index contributed by atoms with van der Waals surface area (Å²) < 4.78 is 0. The van der Waals surface area contributed by atoms with Gasteiger partial charge in [-0.2, -0.15) is 0 Å². The molecule has 0 aromatic heterocycles. The average molecular weight is 394 g/mol. The summed E-state index contributed by atoms with van der Waals surface area (Å²) in [6, 6.07) is 14.7. The number of piperidine rings is 1. The van der Waals surface area contributed by atoms with E-state index in [-0.39, 0.29) is 11.9 Å². The Labute approximate surface area is 172 Å². The molecule has 0 bridgehead atoms. The van der Waals surface area contributed by atoms with Gasteiger partial charge in [0.1, 0.15) is 6.04 Å². The van der Waals surface area contributed by atoms with Crippen LogP contribution in [0.25, 0.3) is 0 Å². The highest BCUT2D eigenvalue weighted by Gasteiger charge is 2.27. The van der Waals surface area contributed by atoms with Crippen LogP contribution >= 0.6 is 0 Å². The summed E-state index contributed by atoms with van der Waals surface area (Å²) in [5.41, 5.74) is 11.1. The molecule has 29 heavy (non-hydrogen) atoms. The Morgan fingerprint density at radius 2 is 2.00 bits per heavy atom. The third-order valence-corrected chi connectivity index (χ3v) is 5.97. The van der Waals surface area contributed by atoms with Gasteiger partial charge in [-0.3, -0.25) is 4.79 Å². The Kier molecular flexibility index (Phi) is 6.02. The summed E-state index contributed by atoms with van der Waals surface area (Å²) in [4.78, 5) is 15.2. The molecular weight excluding hydrogens is 362 g/mol. The van der Waals surface area contributed by atoms with Gasteiger partial charge in [0.05, 0.1) is 0 Å². The Morgan fingerprint density at radius 3 is 2.76 bits per heavy atom. The Hall–Kier alpha value is -2.57. The van der Waals surface area contributed by atoms with Crippen molar-refractivity contribution in [1.82, 2.24) is 5.32 Å². The average Bonchev–Trinajstić information content (AvgIpc) is 3.19. The maximum atomic E-state index is 12.8. The zero-order valence-electron chi connectivity index (χ0n) is 17.1. The van der Waals surface area contributed by atoms with Crippen molar-refractivity contribution in [3.8, 4) is 0 Å². The van der Waals surface area contributed by atoms with Gasteiger partial charge in [0.25, 0.3) is 0 Å². The van der Waals surface area contributed by atoms with Crippen LogP contribution in [0.3, 0.4) is 0 Å². The second-order valence-corrected chi connectivity index (χ2v) is 8.05. The van der Waals surface area contributed by atoms with Crippen molar-refractivity contribution in [2.75, 3.05) is 41.7 Å². The number of nitrogens with two attached hydrogens (primary N) is 1. The first kappa shape index (κ1) is 19.7. The van der Waals surface area contributed by atoms with E-state index in [1.165, 1.54) is 16.8 Å². The number of aryl methyl sites for hydroxylation is 1. The van der Waals surface area contributed by atoms with E-state index in [4.69, 9.17) is 5.73 Å². The molecule has 0 radical (unpaired) electrons. The number of hydrogen-bond donors (Lipinski definition) is 4. The standard InChI is InChI=1S/C23H31N5O/c1-16-4-2-5-17-14-21(27-22(16)17)23(29)26-19-6-3-7-20(15-19)28-12-8-18(9-13-28)25-11-10-24/h2-7,15,18,21,25,27H,8-14,24H2,1H3,(H,26,29). The number of nitrogens with one attached hydrogen (secondary N) is 3. The van der Waals surface area contributed by atoms with Crippen LogP contribution in [0.2, 0.25) is 0 Å². The maximum Gasteiger partial charge on any atom is 0.247 e. The van der Waals surface area contributed by atoms with E-state index in [1.54, 1.807) is 0 Å². The Balaban J connectivity index is 1.35. The monoisotopic (exact) mass is 393 g/mol. The fourth-order valence-corrected chi connectivity index (χ4v) is 4.35. The number of para-hydroxylation sites is 1. The van der Waals surface area contributed by atoms with Gasteiger partial charge in [-0.05, 0) is 49.1 Å². The highest BCUT2D eigenvalue weighted by molar-refractivity contribution is 5.98. The number of carbonyl (C=O) groups excluding carboxylic acids is 1. The van der Waals surface area contributed by atoms with Crippen molar-refractivity contribution in [2.24, 2.45) is 5.73 Å². The van der Waals surface area contributed by atoms with Gasteiger partial charge in [-0.25, -0.2) is 0 Å². The number of benzene rings is 2. The first-order valence-corrected chi connectivity index (χ1v) is 10.6. The molecular formula is C23H31N5O. The van der Waals surface area contributed by atoms with Gasteiger partial charge >= 0.3 is 0 Å². The lowest BCUT2D eigenvalue weighted by Crippen LogP contribution is -2.43. The molecule has 0 aliphatic carbocycles. The fraction of sp³-hybridized carbons (Fsp3) is 0.435. The SMILES string of the molecule is Cc1cccc2c1NC(C(=O)Nc1cccc(N3CCC(NCCN)CC3)c1)C2. The number of fused-ring (bicyclic) bond motifs is 1.